The Kier molecular flexibility index (Phi) is 5.29. The lowest BCUT2D eigenvalue weighted by atomic mass is 10.3. The predicted octanol–water partition coefficient (Wildman–Crippen LogP) is 2.13. The molecular formula is C10H12O2. The molecule has 0 radical (unpaired) electrons. The van der Waals surface area contributed by atoms with E-state index < -0.39 is 0 Å². The van der Waals surface area contributed by atoms with E-state index in [9.17, 15) is 0 Å². The van der Waals surface area contributed by atoms with E-state index in [4.69, 9.17) is 16.6 Å². The molecule has 0 aromatic heterocycles. The van der Waals surface area contributed by atoms with Crippen LogP contribution in [0, 0.1) is 12.3 Å². The van der Waals surface area contributed by atoms with Crippen molar-refractivity contribution in [1.29, 1.82) is 0 Å². The predicted molar refractivity (Wildman–Crippen MR) is 48.9 cm³/mol. The summed E-state index contributed by atoms with van der Waals surface area (Å²) in [6.45, 7) is 1.94. The van der Waals surface area contributed by atoms with E-state index in [0.29, 0.717) is 0 Å². The minimum Gasteiger partial charge on any atom is -0.504 e. The summed E-state index contributed by atoms with van der Waals surface area (Å²) in [6, 6.07) is 6.15. The van der Waals surface area contributed by atoms with Crippen molar-refractivity contribution < 1.29 is 10.2 Å². The Hall–Kier alpha value is -1.62. The average Bonchev–Trinajstić information content (AvgIpc) is 2.11. The van der Waals surface area contributed by atoms with E-state index >= 15 is 0 Å². The highest BCUT2D eigenvalue weighted by atomic mass is 16.3. The molecule has 0 amide bonds. The molecule has 2 N–H and O–H groups in total. The minimum atomic E-state index is -0.0764. The van der Waals surface area contributed by atoms with Gasteiger partial charge in [-0.15, -0.1) is 12.3 Å². The summed E-state index contributed by atoms with van der Waals surface area (Å²) >= 11 is 0. The van der Waals surface area contributed by atoms with Crippen molar-refractivity contribution in [3.05, 3.63) is 24.3 Å². The lowest BCUT2D eigenvalue weighted by Gasteiger charge is -1.91. The van der Waals surface area contributed by atoms with E-state index in [-0.39, 0.29) is 11.5 Å². The van der Waals surface area contributed by atoms with Crippen LogP contribution in [0.15, 0.2) is 24.3 Å². The monoisotopic (exact) mass is 164 g/mol. The zero-order chi connectivity index (χ0) is 9.40. The second-order valence-electron chi connectivity index (χ2n) is 2.05. The van der Waals surface area contributed by atoms with Gasteiger partial charge in [-0.3, -0.25) is 0 Å². The summed E-state index contributed by atoms with van der Waals surface area (Å²) in [5, 5.41) is 17.3. The maximum atomic E-state index is 8.67. The van der Waals surface area contributed by atoms with Crippen molar-refractivity contribution >= 4 is 0 Å². The van der Waals surface area contributed by atoms with Gasteiger partial charge in [0, 0.05) is 6.42 Å². The lowest BCUT2D eigenvalue weighted by Crippen LogP contribution is -1.63. The number of rotatable bonds is 0. The van der Waals surface area contributed by atoms with Crippen molar-refractivity contribution in [3.63, 3.8) is 0 Å². The second-order valence-corrected chi connectivity index (χ2v) is 2.05. The molecule has 0 atom stereocenters. The van der Waals surface area contributed by atoms with Crippen LogP contribution in [0.4, 0.5) is 0 Å². The van der Waals surface area contributed by atoms with Crippen LogP contribution in [-0.2, 0) is 0 Å². The number of para-hydroxylation sites is 2. The quantitative estimate of drug-likeness (QED) is 0.455. The number of terminal acetylenes is 1. The normalized spacial score (nSPS) is 7.67. The van der Waals surface area contributed by atoms with E-state index in [2.05, 4.69) is 5.92 Å². The minimum absolute atomic E-state index is 0.0764. The number of aromatic hydroxyl groups is 2. The Balaban J connectivity index is 0.000000261. The third-order valence-corrected chi connectivity index (χ3v) is 1.09. The highest BCUT2D eigenvalue weighted by molar-refractivity contribution is 5.36. The molecule has 2 nitrogen and oxygen atoms in total. The third kappa shape index (κ3) is 4.24. The molecule has 1 aromatic carbocycles. The highest BCUT2D eigenvalue weighted by Crippen LogP contribution is 2.21. The maximum Gasteiger partial charge on any atom is 0.157 e. The van der Waals surface area contributed by atoms with Gasteiger partial charge in [-0.2, -0.15) is 0 Å². The van der Waals surface area contributed by atoms with Gasteiger partial charge in [-0.1, -0.05) is 19.1 Å². The summed E-state index contributed by atoms with van der Waals surface area (Å²) < 4.78 is 0. The molecule has 12 heavy (non-hydrogen) atoms. The van der Waals surface area contributed by atoms with E-state index in [1.165, 1.54) is 12.1 Å². The molecule has 1 rings (SSSR count). The first-order valence-electron chi connectivity index (χ1n) is 3.62. The summed E-state index contributed by atoms with van der Waals surface area (Å²) in [4.78, 5) is 0. The fraction of sp³-hybridized carbons (Fsp3) is 0.200. The van der Waals surface area contributed by atoms with Crippen LogP contribution in [0.1, 0.15) is 13.3 Å². The Labute approximate surface area is 72.5 Å². The van der Waals surface area contributed by atoms with Crippen molar-refractivity contribution in [3.8, 4) is 23.8 Å². The summed E-state index contributed by atoms with van der Waals surface area (Å²) in [5.41, 5.74) is 0. The van der Waals surface area contributed by atoms with Gasteiger partial charge in [0.1, 0.15) is 0 Å². The van der Waals surface area contributed by atoms with Gasteiger partial charge in [-0.25, -0.2) is 0 Å². The fourth-order valence-electron chi connectivity index (χ4n) is 0.464. The van der Waals surface area contributed by atoms with Crippen molar-refractivity contribution in [1.82, 2.24) is 0 Å². The molecule has 0 bridgehead atoms. The number of phenols is 2. The zero-order valence-electron chi connectivity index (χ0n) is 6.99. The fourth-order valence-corrected chi connectivity index (χ4v) is 0.464. The van der Waals surface area contributed by atoms with Gasteiger partial charge in [0.25, 0.3) is 0 Å². The first-order valence-corrected chi connectivity index (χ1v) is 3.62. The molecule has 0 spiro atoms. The second kappa shape index (κ2) is 6.11. The Bertz CT molecular complexity index is 240. The van der Waals surface area contributed by atoms with Crippen LogP contribution in [0.3, 0.4) is 0 Å². The number of hydrogen-bond acceptors (Lipinski definition) is 2. The van der Waals surface area contributed by atoms with Crippen LogP contribution in [-0.4, -0.2) is 10.2 Å². The van der Waals surface area contributed by atoms with Crippen LogP contribution >= 0.6 is 0 Å². The molecule has 0 aliphatic carbocycles. The summed E-state index contributed by atoms with van der Waals surface area (Å²) in [5.74, 6) is 2.28. The summed E-state index contributed by atoms with van der Waals surface area (Å²) in [7, 11) is 0. The van der Waals surface area contributed by atoms with Crippen molar-refractivity contribution in [2.75, 3.05) is 0 Å². The van der Waals surface area contributed by atoms with Crippen molar-refractivity contribution in [2.45, 2.75) is 13.3 Å². The average molecular weight is 164 g/mol. The van der Waals surface area contributed by atoms with E-state index in [0.717, 1.165) is 6.42 Å². The van der Waals surface area contributed by atoms with Crippen LogP contribution in [0.25, 0.3) is 0 Å². The Morgan fingerprint density at radius 2 is 1.58 bits per heavy atom. The van der Waals surface area contributed by atoms with Gasteiger partial charge in [-0.05, 0) is 12.1 Å². The third-order valence-electron chi connectivity index (χ3n) is 1.09. The molecule has 0 saturated heterocycles. The molecule has 0 aliphatic heterocycles. The molecule has 64 valence electrons. The number of hydrogen-bond donors (Lipinski definition) is 2. The zero-order valence-corrected chi connectivity index (χ0v) is 6.99. The van der Waals surface area contributed by atoms with Crippen LogP contribution in [0.5, 0.6) is 11.5 Å². The molecule has 0 unspecified atom stereocenters. The SMILES string of the molecule is C#CCC.Oc1ccccc1O. The van der Waals surface area contributed by atoms with Crippen LogP contribution < -0.4 is 0 Å². The molecular weight excluding hydrogens is 152 g/mol. The highest BCUT2D eigenvalue weighted by Gasteiger charge is 1.90. The van der Waals surface area contributed by atoms with Gasteiger partial charge < -0.3 is 10.2 Å². The first kappa shape index (κ1) is 10.4. The number of phenolic OH excluding ortho intramolecular Hbond substituents is 2. The van der Waals surface area contributed by atoms with Gasteiger partial charge in [0.15, 0.2) is 11.5 Å². The largest absolute Gasteiger partial charge is 0.504 e. The maximum absolute atomic E-state index is 8.67. The lowest BCUT2D eigenvalue weighted by molar-refractivity contribution is 0.404. The van der Waals surface area contributed by atoms with Crippen molar-refractivity contribution in [2.24, 2.45) is 0 Å². The summed E-state index contributed by atoms with van der Waals surface area (Å²) in [6.07, 6.45) is 5.62. The first-order chi connectivity index (χ1) is 5.72. The van der Waals surface area contributed by atoms with Gasteiger partial charge >= 0.3 is 0 Å². The van der Waals surface area contributed by atoms with E-state index in [1.807, 2.05) is 6.92 Å². The molecule has 0 heterocycles. The van der Waals surface area contributed by atoms with Crippen LogP contribution in [0.2, 0.25) is 0 Å². The standard InChI is InChI=1S/C6H6O2.C4H6/c7-5-3-1-2-4-6(5)8;1-3-4-2/h1-4,7-8H;1H,4H2,2H3. The van der Waals surface area contributed by atoms with Gasteiger partial charge in [0.2, 0.25) is 0 Å². The Morgan fingerprint density at radius 3 is 1.75 bits per heavy atom. The molecule has 0 fully saturated rings. The van der Waals surface area contributed by atoms with Gasteiger partial charge in [0.05, 0.1) is 0 Å². The topological polar surface area (TPSA) is 40.5 Å². The number of benzene rings is 1. The smallest absolute Gasteiger partial charge is 0.157 e. The Morgan fingerprint density at radius 1 is 1.25 bits per heavy atom. The molecule has 0 aliphatic rings. The molecule has 1 aromatic rings. The molecule has 0 saturated carbocycles. The van der Waals surface area contributed by atoms with E-state index in [1.54, 1.807) is 12.1 Å². The molecule has 2 heteroatoms.